The highest BCUT2D eigenvalue weighted by Gasteiger charge is 2.22. The molecule has 0 bridgehead atoms. The predicted molar refractivity (Wildman–Crippen MR) is 77.0 cm³/mol. The van der Waals surface area contributed by atoms with Gasteiger partial charge >= 0.3 is 6.03 Å². The van der Waals surface area contributed by atoms with Crippen LogP contribution in [0.25, 0.3) is 11.5 Å². The van der Waals surface area contributed by atoms with Gasteiger partial charge in [0.1, 0.15) is 17.2 Å². The number of carbonyl (C=O) groups is 1. The Morgan fingerprint density at radius 1 is 1.48 bits per heavy atom. The number of nitrogens with zero attached hydrogens (tertiary/aromatic N) is 2. The zero-order valence-corrected chi connectivity index (χ0v) is 12.0. The van der Waals surface area contributed by atoms with Crippen LogP contribution in [0.1, 0.15) is 11.5 Å². The summed E-state index contributed by atoms with van der Waals surface area (Å²) in [5.41, 5.74) is 1.64. The molecule has 0 radical (unpaired) electrons. The predicted octanol–water partition coefficient (Wildman–Crippen LogP) is 2.18. The molecule has 1 aliphatic rings. The minimum Gasteiger partial charge on any atom is -0.497 e. The van der Waals surface area contributed by atoms with Gasteiger partial charge in [-0.25, -0.2) is 9.78 Å². The van der Waals surface area contributed by atoms with Crippen molar-refractivity contribution in [3.63, 3.8) is 0 Å². The first-order valence-electron chi connectivity index (χ1n) is 6.81. The van der Waals surface area contributed by atoms with Crippen molar-refractivity contribution in [1.82, 2.24) is 15.2 Å². The molecule has 2 amide bonds. The van der Waals surface area contributed by atoms with Gasteiger partial charge in [0.25, 0.3) is 0 Å². The van der Waals surface area contributed by atoms with Crippen molar-refractivity contribution in [3.8, 4) is 17.2 Å². The van der Waals surface area contributed by atoms with E-state index in [4.69, 9.17) is 9.15 Å². The Balaban J connectivity index is 1.84. The molecular formula is C15H17N3O3. The second-order valence-electron chi connectivity index (χ2n) is 4.91. The highest BCUT2D eigenvalue weighted by Crippen LogP contribution is 2.25. The maximum atomic E-state index is 11.6. The second kappa shape index (κ2) is 5.47. The molecule has 1 aromatic carbocycles. The molecule has 2 aromatic rings. The van der Waals surface area contributed by atoms with Crippen LogP contribution in [-0.2, 0) is 6.54 Å². The van der Waals surface area contributed by atoms with E-state index in [9.17, 15) is 4.79 Å². The van der Waals surface area contributed by atoms with E-state index in [1.54, 1.807) is 12.0 Å². The molecule has 6 heteroatoms. The Kier molecular flexibility index (Phi) is 3.51. The number of hydrogen-bond donors (Lipinski definition) is 1. The lowest BCUT2D eigenvalue weighted by molar-refractivity contribution is 0.215. The van der Waals surface area contributed by atoms with E-state index in [0.29, 0.717) is 25.5 Å². The van der Waals surface area contributed by atoms with Gasteiger partial charge in [-0.05, 0) is 25.1 Å². The fourth-order valence-electron chi connectivity index (χ4n) is 2.30. The summed E-state index contributed by atoms with van der Waals surface area (Å²) in [5.74, 6) is 2.03. The number of carbonyl (C=O) groups excluding carboxylic acids is 1. The number of ether oxygens (including phenoxy) is 1. The van der Waals surface area contributed by atoms with E-state index in [-0.39, 0.29) is 6.03 Å². The summed E-state index contributed by atoms with van der Waals surface area (Å²) in [4.78, 5) is 17.8. The summed E-state index contributed by atoms with van der Waals surface area (Å²) in [6.07, 6.45) is 0. The fraction of sp³-hybridized carbons (Fsp3) is 0.333. The third-order valence-electron chi connectivity index (χ3n) is 3.50. The molecular weight excluding hydrogens is 270 g/mol. The minimum absolute atomic E-state index is 0.0552. The number of nitrogens with one attached hydrogen (secondary N) is 1. The van der Waals surface area contributed by atoms with Crippen molar-refractivity contribution in [1.29, 1.82) is 0 Å². The Hall–Kier alpha value is -2.50. The number of amides is 2. The summed E-state index contributed by atoms with van der Waals surface area (Å²) in [6.45, 7) is 3.70. The molecule has 1 aliphatic heterocycles. The monoisotopic (exact) mass is 287 g/mol. The molecule has 1 saturated heterocycles. The largest absolute Gasteiger partial charge is 0.497 e. The van der Waals surface area contributed by atoms with Crippen molar-refractivity contribution in [2.45, 2.75) is 13.5 Å². The maximum Gasteiger partial charge on any atom is 0.317 e. The quantitative estimate of drug-likeness (QED) is 0.936. The van der Waals surface area contributed by atoms with Crippen LogP contribution in [0, 0.1) is 6.92 Å². The van der Waals surface area contributed by atoms with Crippen LogP contribution in [-0.4, -0.2) is 36.1 Å². The Morgan fingerprint density at radius 2 is 2.33 bits per heavy atom. The van der Waals surface area contributed by atoms with Gasteiger partial charge in [0.05, 0.1) is 13.7 Å². The molecule has 0 atom stereocenters. The lowest BCUT2D eigenvalue weighted by Gasteiger charge is -2.11. The second-order valence-corrected chi connectivity index (χ2v) is 4.91. The maximum absolute atomic E-state index is 11.6. The molecule has 0 aliphatic carbocycles. The van der Waals surface area contributed by atoms with Crippen LogP contribution < -0.4 is 10.1 Å². The van der Waals surface area contributed by atoms with E-state index in [1.165, 1.54) is 0 Å². The number of rotatable bonds is 4. The summed E-state index contributed by atoms with van der Waals surface area (Å²) >= 11 is 0. The fourth-order valence-corrected chi connectivity index (χ4v) is 2.30. The topological polar surface area (TPSA) is 67.6 Å². The molecule has 3 rings (SSSR count). The molecule has 21 heavy (non-hydrogen) atoms. The smallest absolute Gasteiger partial charge is 0.317 e. The number of aryl methyl sites for hydroxylation is 1. The average Bonchev–Trinajstić information content (AvgIpc) is 3.07. The third kappa shape index (κ3) is 2.69. The van der Waals surface area contributed by atoms with Crippen LogP contribution in [0.3, 0.4) is 0 Å². The SMILES string of the molecule is COc1cccc(-c2nc(CN3CCNC3=O)c(C)o2)c1. The van der Waals surface area contributed by atoms with E-state index in [2.05, 4.69) is 10.3 Å². The van der Waals surface area contributed by atoms with Crippen molar-refractivity contribution >= 4 is 6.03 Å². The lowest BCUT2D eigenvalue weighted by Crippen LogP contribution is -2.27. The minimum atomic E-state index is -0.0552. The highest BCUT2D eigenvalue weighted by atomic mass is 16.5. The number of benzene rings is 1. The molecule has 6 nitrogen and oxygen atoms in total. The van der Waals surface area contributed by atoms with Gasteiger partial charge in [0.2, 0.25) is 5.89 Å². The summed E-state index contributed by atoms with van der Waals surface area (Å²) in [5, 5.41) is 2.77. The van der Waals surface area contributed by atoms with E-state index in [0.717, 1.165) is 22.8 Å². The molecule has 1 N–H and O–H groups in total. The molecule has 2 heterocycles. The van der Waals surface area contributed by atoms with Gasteiger partial charge < -0.3 is 19.4 Å². The average molecular weight is 287 g/mol. The molecule has 0 saturated carbocycles. The van der Waals surface area contributed by atoms with Gasteiger partial charge in [-0.15, -0.1) is 0 Å². The van der Waals surface area contributed by atoms with E-state index in [1.807, 2.05) is 31.2 Å². The van der Waals surface area contributed by atoms with E-state index >= 15 is 0 Å². The zero-order valence-electron chi connectivity index (χ0n) is 12.0. The Bertz CT molecular complexity index is 666. The molecule has 1 fully saturated rings. The molecule has 110 valence electrons. The third-order valence-corrected chi connectivity index (χ3v) is 3.50. The van der Waals surface area contributed by atoms with Gasteiger partial charge in [0, 0.05) is 18.7 Å². The van der Waals surface area contributed by atoms with Gasteiger partial charge in [-0.1, -0.05) is 6.07 Å². The number of aromatic nitrogens is 1. The van der Waals surface area contributed by atoms with Crippen molar-refractivity contribution < 1.29 is 13.9 Å². The first kappa shape index (κ1) is 13.5. The standard InChI is InChI=1S/C15H17N3O3/c1-10-13(9-18-7-6-16-15(18)19)17-14(21-10)11-4-3-5-12(8-11)20-2/h3-5,8H,6-7,9H2,1-2H3,(H,16,19). The molecule has 1 aromatic heterocycles. The van der Waals surface area contributed by atoms with Crippen LogP contribution >= 0.6 is 0 Å². The first-order valence-corrected chi connectivity index (χ1v) is 6.81. The Labute approximate surface area is 122 Å². The number of oxazole rings is 1. The lowest BCUT2D eigenvalue weighted by atomic mass is 10.2. The van der Waals surface area contributed by atoms with Gasteiger partial charge in [-0.3, -0.25) is 0 Å². The van der Waals surface area contributed by atoms with Gasteiger partial charge in [-0.2, -0.15) is 0 Å². The number of methoxy groups -OCH3 is 1. The summed E-state index contributed by atoms with van der Waals surface area (Å²) in [6, 6.07) is 7.49. The van der Waals surface area contributed by atoms with E-state index < -0.39 is 0 Å². The molecule has 0 spiro atoms. The first-order chi connectivity index (χ1) is 10.2. The van der Waals surface area contributed by atoms with Crippen LogP contribution in [0.15, 0.2) is 28.7 Å². The summed E-state index contributed by atoms with van der Waals surface area (Å²) in [7, 11) is 1.62. The Morgan fingerprint density at radius 3 is 3.05 bits per heavy atom. The zero-order chi connectivity index (χ0) is 14.8. The van der Waals surface area contributed by atoms with Gasteiger partial charge in [0.15, 0.2) is 0 Å². The van der Waals surface area contributed by atoms with Crippen LogP contribution in [0.5, 0.6) is 5.75 Å². The van der Waals surface area contributed by atoms with Crippen LogP contribution in [0.2, 0.25) is 0 Å². The summed E-state index contributed by atoms with van der Waals surface area (Å²) < 4.78 is 10.9. The van der Waals surface area contributed by atoms with Crippen molar-refractivity contribution in [2.24, 2.45) is 0 Å². The number of urea groups is 1. The number of hydrogen-bond acceptors (Lipinski definition) is 4. The van der Waals surface area contributed by atoms with Crippen molar-refractivity contribution in [2.75, 3.05) is 20.2 Å². The van der Waals surface area contributed by atoms with Crippen LogP contribution in [0.4, 0.5) is 4.79 Å². The normalized spacial score (nSPS) is 14.4. The molecule has 0 unspecified atom stereocenters. The highest BCUT2D eigenvalue weighted by molar-refractivity contribution is 5.76. The van der Waals surface area contributed by atoms with Crippen molar-refractivity contribution in [3.05, 3.63) is 35.7 Å².